The van der Waals surface area contributed by atoms with Gasteiger partial charge in [0.15, 0.2) is 8.68 Å². The number of thioether (sulfide) groups is 2. The highest BCUT2D eigenvalue weighted by molar-refractivity contribution is 8.02. The Bertz CT molecular complexity index is 484. The maximum absolute atomic E-state index is 8.97. The summed E-state index contributed by atoms with van der Waals surface area (Å²) in [6, 6.07) is 7.99. The summed E-state index contributed by atoms with van der Waals surface area (Å²) in [6.45, 7) is 2.21. The highest BCUT2D eigenvalue weighted by Gasteiger charge is 2.04. The molecule has 3 nitrogen and oxygen atoms in total. The Hall–Kier alpha value is -0.560. The minimum Gasteiger partial charge on any atom is -0.392 e. The fourth-order valence-corrected chi connectivity index (χ4v) is 4.20. The number of hydrogen-bond donors (Lipinski definition) is 1. The third-order valence-corrected chi connectivity index (χ3v) is 5.37. The molecule has 0 aliphatic carbocycles. The summed E-state index contributed by atoms with van der Waals surface area (Å²) >= 11 is 5.08. The molecule has 6 heteroatoms. The van der Waals surface area contributed by atoms with E-state index in [0.717, 1.165) is 25.7 Å². The van der Waals surface area contributed by atoms with E-state index in [9.17, 15) is 0 Å². The Labute approximate surface area is 119 Å². The molecular weight excluding hydrogens is 284 g/mol. The first-order valence-corrected chi connectivity index (χ1v) is 8.38. The highest BCUT2D eigenvalue weighted by atomic mass is 32.2. The van der Waals surface area contributed by atoms with Crippen LogP contribution in [0.2, 0.25) is 0 Å². The SMILES string of the molecule is CCSc1nnc(SCc2ccc(CO)cc2)s1. The maximum atomic E-state index is 8.97. The van der Waals surface area contributed by atoms with Gasteiger partial charge in [-0.05, 0) is 16.9 Å². The quantitative estimate of drug-likeness (QED) is 0.828. The first-order valence-electron chi connectivity index (χ1n) is 5.59. The van der Waals surface area contributed by atoms with Gasteiger partial charge >= 0.3 is 0 Å². The lowest BCUT2D eigenvalue weighted by Crippen LogP contribution is -1.84. The van der Waals surface area contributed by atoms with Crippen molar-refractivity contribution >= 4 is 34.9 Å². The van der Waals surface area contributed by atoms with Gasteiger partial charge in [-0.2, -0.15) is 0 Å². The summed E-state index contributed by atoms with van der Waals surface area (Å²) in [6.07, 6.45) is 0. The van der Waals surface area contributed by atoms with Crippen LogP contribution in [0.3, 0.4) is 0 Å². The molecule has 0 fully saturated rings. The first kappa shape index (κ1) is 13.9. The maximum Gasteiger partial charge on any atom is 0.175 e. The predicted octanol–water partition coefficient (Wildman–Crippen LogP) is 3.43. The molecule has 1 aromatic heterocycles. The number of aromatic nitrogens is 2. The zero-order valence-electron chi connectivity index (χ0n) is 10.00. The van der Waals surface area contributed by atoms with Crippen LogP contribution in [0.15, 0.2) is 32.9 Å². The molecule has 2 aromatic rings. The molecule has 18 heavy (non-hydrogen) atoms. The molecular formula is C12H14N2OS3. The van der Waals surface area contributed by atoms with Crippen molar-refractivity contribution < 1.29 is 5.11 Å². The molecule has 0 atom stereocenters. The molecule has 0 amide bonds. The fourth-order valence-electron chi connectivity index (χ4n) is 1.32. The topological polar surface area (TPSA) is 46.0 Å². The van der Waals surface area contributed by atoms with E-state index in [1.165, 1.54) is 5.56 Å². The number of benzene rings is 1. The van der Waals surface area contributed by atoms with Crippen LogP contribution in [-0.4, -0.2) is 21.1 Å². The smallest absolute Gasteiger partial charge is 0.175 e. The van der Waals surface area contributed by atoms with Gasteiger partial charge in [-0.15, -0.1) is 10.2 Å². The van der Waals surface area contributed by atoms with Gasteiger partial charge in [-0.3, -0.25) is 0 Å². The molecule has 0 aliphatic heterocycles. The standard InChI is InChI=1S/C12H14N2OS3/c1-2-16-11-13-14-12(18-11)17-8-10-5-3-9(7-15)4-6-10/h3-6,15H,2,7-8H2,1H3. The van der Waals surface area contributed by atoms with E-state index < -0.39 is 0 Å². The normalized spacial score (nSPS) is 10.8. The van der Waals surface area contributed by atoms with Gasteiger partial charge in [0.05, 0.1) is 6.61 Å². The minimum absolute atomic E-state index is 0.0986. The molecule has 0 aliphatic rings. The van der Waals surface area contributed by atoms with Crippen LogP contribution in [-0.2, 0) is 12.4 Å². The number of rotatable bonds is 6. The second kappa shape index (κ2) is 7.13. The Morgan fingerprint density at radius 3 is 2.28 bits per heavy atom. The molecule has 0 unspecified atom stereocenters. The van der Waals surface area contributed by atoms with E-state index >= 15 is 0 Å². The Morgan fingerprint density at radius 2 is 1.67 bits per heavy atom. The average Bonchev–Trinajstić information content (AvgIpc) is 2.85. The lowest BCUT2D eigenvalue weighted by molar-refractivity contribution is 0.282. The van der Waals surface area contributed by atoms with Gasteiger partial charge in [0.1, 0.15) is 0 Å². The third kappa shape index (κ3) is 3.98. The first-order chi connectivity index (χ1) is 8.81. The molecule has 0 saturated heterocycles. The lowest BCUT2D eigenvalue weighted by atomic mass is 10.2. The van der Waals surface area contributed by atoms with Gasteiger partial charge in [0, 0.05) is 5.75 Å². The summed E-state index contributed by atoms with van der Waals surface area (Å²) < 4.78 is 2.05. The van der Waals surface area contributed by atoms with Crippen LogP contribution in [0, 0.1) is 0 Å². The zero-order chi connectivity index (χ0) is 12.8. The second-order valence-electron chi connectivity index (χ2n) is 3.53. The number of aliphatic hydroxyl groups excluding tert-OH is 1. The summed E-state index contributed by atoms with van der Waals surface area (Å²) in [5.41, 5.74) is 2.18. The Balaban J connectivity index is 1.89. The second-order valence-corrected chi connectivity index (χ2v) is 7.24. The minimum atomic E-state index is 0.0986. The van der Waals surface area contributed by atoms with Crippen molar-refractivity contribution in [3.63, 3.8) is 0 Å². The van der Waals surface area contributed by atoms with Gasteiger partial charge in [-0.25, -0.2) is 0 Å². The van der Waals surface area contributed by atoms with Gasteiger partial charge < -0.3 is 5.11 Å². The van der Waals surface area contributed by atoms with E-state index in [2.05, 4.69) is 17.1 Å². The molecule has 0 radical (unpaired) electrons. The monoisotopic (exact) mass is 298 g/mol. The van der Waals surface area contributed by atoms with Crippen LogP contribution in [0.5, 0.6) is 0 Å². The van der Waals surface area contributed by atoms with Crippen LogP contribution < -0.4 is 0 Å². The van der Waals surface area contributed by atoms with Crippen molar-refractivity contribution in [2.45, 2.75) is 28.0 Å². The predicted molar refractivity (Wildman–Crippen MR) is 78.2 cm³/mol. The van der Waals surface area contributed by atoms with Crippen LogP contribution in [0.4, 0.5) is 0 Å². The number of aliphatic hydroxyl groups is 1. The highest BCUT2D eigenvalue weighted by Crippen LogP contribution is 2.30. The van der Waals surface area contributed by atoms with E-state index in [-0.39, 0.29) is 6.61 Å². The van der Waals surface area contributed by atoms with Crippen molar-refractivity contribution in [2.75, 3.05) is 5.75 Å². The van der Waals surface area contributed by atoms with E-state index in [0.29, 0.717) is 0 Å². The summed E-state index contributed by atoms with van der Waals surface area (Å²) in [5.74, 6) is 1.92. The molecule has 1 N–H and O–H groups in total. The molecule has 1 heterocycles. The van der Waals surface area contributed by atoms with Crippen LogP contribution in [0.25, 0.3) is 0 Å². The van der Waals surface area contributed by atoms with Crippen molar-refractivity contribution in [3.8, 4) is 0 Å². The average molecular weight is 298 g/mol. The van der Waals surface area contributed by atoms with E-state index in [1.54, 1.807) is 34.9 Å². The molecule has 0 saturated carbocycles. The number of nitrogens with zero attached hydrogens (tertiary/aromatic N) is 2. The summed E-state index contributed by atoms with van der Waals surface area (Å²) in [5, 5.41) is 17.2. The fraction of sp³-hybridized carbons (Fsp3) is 0.333. The van der Waals surface area contributed by atoms with Crippen molar-refractivity contribution in [1.82, 2.24) is 10.2 Å². The third-order valence-electron chi connectivity index (χ3n) is 2.22. The van der Waals surface area contributed by atoms with Gasteiger partial charge in [-0.1, -0.05) is 66.0 Å². The van der Waals surface area contributed by atoms with Crippen LogP contribution >= 0.6 is 34.9 Å². The molecule has 1 aromatic carbocycles. The van der Waals surface area contributed by atoms with E-state index in [1.807, 2.05) is 24.3 Å². The zero-order valence-corrected chi connectivity index (χ0v) is 12.4. The molecule has 96 valence electrons. The van der Waals surface area contributed by atoms with E-state index in [4.69, 9.17) is 5.11 Å². The molecule has 2 rings (SSSR count). The van der Waals surface area contributed by atoms with Gasteiger partial charge in [0.2, 0.25) is 0 Å². The number of hydrogen-bond acceptors (Lipinski definition) is 6. The summed E-state index contributed by atoms with van der Waals surface area (Å²) in [7, 11) is 0. The largest absolute Gasteiger partial charge is 0.392 e. The van der Waals surface area contributed by atoms with Crippen molar-refractivity contribution in [3.05, 3.63) is 35.4 Å². The van der Waals surface area contributed by atoms with Gasteiger partial charge in [0.25, 0.3) is 0 Å². The van der Waals surface area contributed by atoms with Crippen molar-refractivity contribution in [1.29, 1.82) is 0 Å². The Kier molecular flexibility index (Phi) is 5.49. The molecule has 0 spiro atoms. The summed E-state index contributed by atoms with van der Waals surface area (Å²) in [4.78, 5) is 0. The Morgan fingerprint density at radius 1 is 1.06 bits per heavy atom. The molecule has 0 bridgehead atoms. The lowest BCUT2D eigenvalue weighted by Gasteiger charge is -2.00. The van der Waals surface area contributed by atoms with Crippen molar-refractivity contribution in [2.24, 2.45) is 0 Å². The van der Waals surface area contributed by atoms with Crippen LogP contribution in [0.1, 0.15) is 18.1 Å².